The summed E-state index contributed by atoms with van der Waals surface area (Å²) in [5.41, 5.74) is 0.432. The van der Waals surface area contributed by atoms with Gasteiger partial charge in [-0.05, 0) is 30.3 Å². The van der Waals surface area contributed by atoms with Crippen LogP contribution in [-0.4, -0.2) is 42.7 Å². The van der Waals surface area contributed by atoms with Gasteiger partial charge in [0.05, 0.1) is 31.9 Å². The SMILES string of the molecule is CNC(=O)c1ccc(OC)c(NS(=O)(=O)c2ccc(OC)c(OC)c2)c1. The fraction of sp³-hybridized carbons (Fsp3) is 0.235. The van der Waals surface area contributed by atoms with Crippen LogP contribution in [-0.2, 0) is 10.0 Å². The van der Waals surface area contributed by atoms with Gasteiger partial charge in [-0.2, -0.15) is 0 Å². The Labute approximate surface area is 152 Å². The van der Waals surface area contributed by atoms with E-state index in [-0.39, 0.29) is 28.0 Å². The van der Waals surface area contributed by atoms with E-state index in [9.17, 15) is 13.2 Å². The van der Waals surface area contributed by atoms with Gasteiger partial charge in [0.15, 0.2) is 11.5 Å². The zero-order chi connectivity index (χ0) is 19.3. The van der Waals surface area contributed by atoms with E-state index in [1.54, 1.807) is 0 Å². The van der Waals surface area contributed by atoms with Gasteiger partial charge in [0.1, 0.15) is 5.75 Å². The molecule has 0 fully saturated rings. The van der Waals surface area contributed by atoms with Crippen molar-refractivity contribution in [2.24, 2.45) is 0 Å². The number of nitrogens with one attached hydrogen (secondary N) is 2. The van der Waals surface area contributed by atoms with Gasteiger partial charge in [-0.25, -0.2) is 8.42 Å². The fourth-order valence-corrected chi connectivity index (χ4v) is 3.34. The van der Waals surface area contributed by atoms with Crippen molar-refractivity contribution in [1.82, 2.24) is 5.32 Å². The van der Waals surface area contributed by atoms with Crippen LogP contribution in [0.2, 0.25) is 0 Å². The highest BCUT2D eigenvalue weighted by molar-refractivity contribution is 7.92. The van der Waals surface area contributed by atoms with Crippen molar-refractivity contribution >= 4 is 21.6 Å². The number of amides is 1. The summed E-state index contributed by atoms with van der Waals surface area (Å²) in [5.74, 6) is 0.619. The number of ether oxygens (including phenoxy) is 3. The molecule has 2 N–H and O–H groups in total. The first-order valence-corrected chi connectivity index (χ1v) is 8.99. The average Bonchev–Trinajstić information content (AvgIpc) is 2.66. The summed E-state index contributed by atoms with van der Waals surface area (Å²) < 4.78 is 43.3. The number of carbonyl (C=O) groups excluding carboxylic acids is 1. The summed E-state index contributed by atoms with van der Waals surface area (Å²) >= 11 is 0. The molecule has 1 amide bonds. The average molecular weight is 380 g/mol. The normalized spacial score (nSPS) is 10.8. The predicted molar refractivity (Wildman–Crippen MR) is 96.7 cm³/mol. The largest absolute Gasteiger partial charge is 0.495 e. The molecular weight excluding hydrogens is 360 g/mol. The van der Waals surface area contributed by atoms with Crippen molar-refractivity contribution in [3.63, 3.8) is 0 Å². The summed E-state index contributed by atoms with van der Waals surface area (Å²) in [6.45, 7) is 0. The highest BCUT2D eigenvalue weighted by Crippen LogP contribution is 2.32. The van der Waals surface area contributed by atoms with E-state index in [0.29, 0.717) is 11.3 Å². The third kappa shape index (κ3) is 3.99. The van der Waals surface area contributed by atoms with Gasteiger partial charge in [-0.3, -0.25) is 9.52 Å². The summed E-state index contributed by atoms with van der Waals surface area (Å²) in [5, 5.41) is 2.48. The molecule has 2 aromatic carbocycles. The lowest BCUT2D eigenvalue weighted by Gasteiger charge is -2.14. The van der Waals surface area contributed by atoms with E-state index in [2.05, 4.69) is 10.0 Å². The van der Waals surface area contributed by atoms with E-state index in [1.165, 1.54) is 64.8 Å². The molecule has 0 heterocycles. The van der Waals surface area contributed by atoms with Crippen LogP contribution >= 0.6 is 0 Å². The molecular formula is C17H20N2O6S. The van der Waals surface area contributed by atoms with Crippen LogP contribution in [0.25, 0.3) is 0 Å². The second-order valence-corrected chi connectivity index (χ2v) is 6.80. The molecule has 0 saturated carbocycles. The molecule has 0 aliphatic rings. The second kappa shape index (κ2) is 7.96. The van der Waals surface area contributed by atoms with Gasteiger partial charge < -0.3 is 19.5 Å². The number of anilines is 1. The Balaban J connectivity index is 2.44. The molecule has 0 saturated heterocycles. The van der Waals surface area contributed by atoms with Gasteiger partial charge in [-0.15, -0.1) is 0 Å². The summed E-state index contributed by atoms with van der Waals surface area (Å²) in [6.07, 6.45) is 0. The first-order valence-electron chi connectivity index (χ1n) is 7.51. The van der Waals surface area contributed by atoms with Gasteiger partial charge in [-0.1, -0.05) is 0 Å². The zero-order valence-electron chi connectivity index (χ0n) is 14.8. The zero-order valence-corrected chi connectivity index (χ0v) is 15.6. The molecule has 0 unspecified atom stereocenters. The highest BCUT2D eigenvalue weighted by atomic mass is 32.2. The number of hydrogen-bond donors (Lipinski definition) is 2. The number of methoxy groups -OCH3 is 3. The molecule has 26 heavy (non-hydrogen) atoms. The maximum atomic E-state index is 12.7. The van der Waals surface area contributed by atoms with Gasteiger partial charge in [0.2, 0.25) is 0 Å². The lowest BCUT2D eigenvalue weighted by molar-refractivity contribution is 0.0963. The Hall–Kier alpha value is -2.94. The molecule has 0 aliphatic heterocycles. The van der Waals surface area contributed by atoms with E-state index in [0.717, 1.165) is 0 Å². The van der Waals surface area contributed by atoms with Crippen molar-refractivity contribution in [1.29, 1.82) is 0 Å². The molecule has 0 aliphatic carbocycles. The second-order valence-electron chi connectivity index (χ2n) is 5.12. The molecule has 0 spiro atoms. The fourth-order valence-electron chi connectivity index (χ4n) is 2.26. The Morgan fingerprint density at radius 3 is 2.08 bits per heavy atom. The van der Waals surface area contributed by atoms with Crippen LogP contribution < -0.4 is 24.2 Å². The van der Waals surface area contributed by atoms with E-state index in [1.807, 2.05) is 0 Å². The van der Waals surface area contributed by atoms with Crippen molar-refractivity contribution in [2.45, 2.75) is 4.90 Å². The Morgan fingerprint density at radius 2 is 1.50 bits per heavy atom. The Bertz CT molecular complexity index is 911. The van der Waals surface area contributed by atoms with Crippen molar-refractivity contribution in [3.05, 3.63) is 42.0 Å². The number of carbonyl (C=O) groups is 1. The van der Waals surface area contributed by atoms with Crippen molar-refractivity contribution < 1.29 is 27.4 Å². The summed E-state index contributed by atoms with van der Waals surface area (Å²) in [6, 6.07) is 8.67. The lowest BCUT2D eigenvalue weighted by Crippen LogP contribution is -2.19. The predicted octanol–water partition coefficient (Wildman–Crippen LogP) is 1.87. The van der Waals surface area contributed by atoms with E-state index in [4.69, 9.17) is 14.2 Å². The number of rotatable bonds is 7. The van der Waals surface area contributed by atoms with E-state index < -0.39 is 10.0 Å². The monoisotopic (exact) mass is 380 g/mol. The smallest absolute Gasteiger partial charge is 0.262 e. The van der Waals surface area contributed by atoms with E-state index >= 15 is 0 Å². The molecule has 0 radical (unpaired) electrons. The Morgan fingerprint density at radius 1 is 0.885 bits per heavy atom. The quantitative estimate of drug-likeness (QED) is 0.760. The first kappa shape index (κ1) is 19.4. The molecule has 140 valence electrons. The van der Waals surface area contributed by atoms with Gasteiger partial charge in [0, 0.05) is 18.7 Å². The maximum Gasteiger partial charge on any atom is 0.262 e. The standard InChI is InChI=1S/C17H20N2O6S/c1-18-17(20)11-5-7-14(23-2)13(9-11)19-26(21,22)12-6-8-15(24-3)16(10-12)25-4/h5-10,19H,1-4H3,(H,18,20). The van der Waals surface area contributed by atoms with Crippen LogP contribution in [0, 0.1) is 0 Å². The molecule has 0 atom stereocenters. The number of sulfonamides is 1. The minimum atomic E-state index is -3.95. The number of hydrogen-bond acceptors (Lipinski definition) is 6. The lowest BCUT2D eigenvalue weighted by atomic mass is 10.2. The Kier molecular flexibility index (Phi) is 5.93. The number of benzene rings is 2. The van der Waals surface area contributed by atoms with Crippen LogP contribution in [0.4, 0.5) is 5.69 Å². The summed E-state index contributed by atoms with van der Waals surface area (Å²) in [7, 11) is 1.81. The summed E-state index contributed by atoms with van der Waals surface area (Å²) in [4.78, 5) is 11.8. The van der Waals surface area contributed by atoms with Crippen molar-refractivity contribution in [2.75, 3.05) is 33.1 Å². The van der Waals surface area contributed by atoms with Gasteiger partial charge >= 0.3 is 0 Å². The maximum absolute atomic E-state index is 12.7. The highest BCUT2D eigenvalue weighted by Gasteiger charge is 2.20. The molecule has 0 bridgehead atoms. The molecule has 2 aromatic rings. The topological polar surface area (TPSA) is 103 Å². The third-order valence-corrected chi connectivity index (χ3v) is 4.96. The molecule has 0 aromatic heterocycles. The van der Waals surface area contributed by atoms with Crippen molar-refractivity contribution in [3.8, 4) is 17.2 Å². The van der Waals surface area contributed by atoms with Gasteiger partial charge in [0.25, 0.3) is 15.9 Å². The van der Waals surface area contributed by atoms with Crippen LogP contribution in [0.15, 0.2) is 41.3 Å². The van der Waals surface area contributed by atoms with Crippen LogP contribution in [0.1, 0.15) is 10.4 Å². The minimum absolute atomic E-state index is 0.0254. The van der Waals surface area contributed by atoms with Crippen LogP contribution in [0.3, 0.4) is 0 Å². The van der Waals surface area contributed by atoms with Crippen LogP contribution in [0.5, 0.6) is 17.2 Å². The molecule has 2 rings (SSSR count). The first-order chi connectivity index (χ1) is 12.4. The minimum Gasteiger partial charge on any atom is -0.495 e. The molecule has 9 heteroatoms. The molecule has 8 nitrogen and oxygen atoms in total. The third-order valence-electron chi connectivity index (χ3n) is 3.60.